The van der Waals surface area contributed by atoms with Gasteiger partial charge in [0, 0.05) is 29.1 Å². The maximum absolute atomic E-state index is 10.5. The van der Waals surface area contributed by atoms with Crippen molar-refractivity contribution >= 4 is 29.0 Å². The van der Waals surface area contributed by atoms with Gasteiger partial charge in [0.15, 0.2) is 0 Å². The number of hydrogen-bond acceptors (Lipinski definition) is 3. The minimum Gasteiger partial charge on any atom is -0.477 e. The Labute approximate surface area is 81.8 Å². The SMILES string of the molecule is O=C(O)c1cc(=O)[nH]c(=O)[nH]1.[Mg]. The first kappa shape index (κ1) is 10.9. The number of hydrogen-bond donors (Lipinski definition) is 3. The van der Waals surface area contributed by atoms with Gasteiger partial charge in [-0.1, -0.05) is 0 Å². The zero-order valence-electron chi connectivity index (χ0n) is 5.96. The molecule has 1 aromatic heterocycles. The average molecular weight is 180 g/mol. The zero-order valence-corrected chi connectivity index (χ0v) is 7.37. The Bertz CT molecular complexity index is 365. The van der Waals surface area contributed by atoms with E-state index >= 15 is 0 Å². The van der Waals surface area contributed by atoms with Gasteiger partial charge in [0.25, 0.3) is 5.56 Å². The van der Waals surface area contributed by atoms with E-state index in [-0.39, 0.29) is 23.1 Å². The van der Waals surface area contributed by atoms with Crippen molar-refractivity contribution in [2.45, 2.75) is 0 Å². The van der Waals surface area contributed by atoms with Crippen LogP contribution >= 0.6 is 0 Å². The van der Waals surface area contributed by atoms with E-state index in [0.29, 0.717) is 0 Å². The van der Waals surface area contributed by atoms with Gasteiger partial charge in [-0.2, -0.15) is 0 Å². The van der Waals surface area contributed by atoms with Crippen LogP contribution in [0, 0.1) is 0 Å². The van der Waals surface area contributed by atoms with Crippen molar-refractivity contribution in [3.63, 3.8) is 0 Å². The average Bonchev–Trinajstić information content (AvgIpc) is 1.85. The van der Waals surface area contributed by atoms with Gasteiger partial charge in [-0.3, -0.25) is 9.78 Å². The summed E-state index contributed by atoms with van der Waals surface area (Å²) in [5, 5.41) is 8.31. The Morgan fingerprint density at radius 2 is 1.92 bits per heavy atom. The molecule has 0 aromatic carbocycles. The summed E-state index contributed by atoms with van der Waals surface area (Å²) in [4.78, 5) is 34.9. The molecule has 0 saturated carbocycles. The van der Waals surface area contributed by atoms with Gasteiger partial charge in [0.1, 0.15) is 5.69 Å². The first-order valence-electron chi connectivity index (χ1n) is 2.66. The number of carboxylic acids is 1. The predicted molar refractivity (Wildman–Crippen MR) is 40.4 cm³/mol. The van der Waals surface area contributed by atoms with Crippen LogP contribution in [0.5, 0.6) is 0 Å². The number of nitrogens with one attached hydrogen (secondary N) is 2. The first-order chi connectivity index (χ1) is 5.09. The maximum atomic E-state index is 10.5. The molecule has 0 unspecified atom stereocenters. The molecule has 1 heterocycles. The Kier molecular flexibility index (Phi) is 3.70. The molecule has 2 radical (unpaired) electrons. The minimum absolute atomic E-state index is 0. The van der Waals surface area contributed by atoms with Crippen molar-refractivity contribution in [2.75, 3.05) is 0 Å². The summed E-state index contributed by atoms with van der Waals surface area (Å²) in [6, 6.07) is 0.795. The lowest BCUT2D eigenvalue weighted by molar-refractivity contribution is 0.0689. The third kappa shape index (κ3) is 2.51. The quantitative estimate of drug-likeness (QED) is 0.452. The molecule has 3 N–H and O–H groups in total. The predicted octanol–water partition coefficient (Wildman–Crippen LogP) is -1.62. The normalized spacial score (nSPS) is 8.67. The number of aromatic amines is 2. The van der Waals surface area contributed by atoms with Crippen molar-refractivity contribution < 1.29 is 9.90 Å². The summed E-state index contributed by atoms with van der Waals surface area (Å²) in [6.45, 7) is 0. The minimum atomic E-state index is -1.34. The molecule has 6 nitrogen and oxygen atoms in total. The Morgan fingerprint density at radius 1 is 1.33 bits per heavy atom. The van der Waals surface area contributed by atoms with Crippen molar-refractivity contribution in [3.05, 3.63) is 32.6 Å². The Hall–Kier alpha value is -1.08. The molecule has 7 heteroatoms. The van der Waals surface area contributed by atoms with Crippen LogP contribution in [0.2, 0.25) is 0 Å². The van der Waals surface area contributed by atoms with Gasteiger partial charge in [-0.05, 0) is 0 Å². The molecule has 0 bridgehead atoms. The molecule has 0 amide bonds. The summed E-state index contributed by atoms with van der Waals surface area (Å²) in [6.07, 6.45) is 0. The van der Waals surface area contributed by atoms with Crippen LogP contribution in [-0.4, -0.2) is 44.1 Å². The van der Waals surface area contributed by atoms with E-state index in [0.717, 1.165) is 6.07 Å². The molecule has 0 aliphatic carbocycles. The molecule has 0 aliphatic rings. The number of carbonyl (C=O) groups is 1. The van der Waals surface area contributed by atoms with E-state index in [1.54, 1.807) is 0 Å². The smallest absolute Gasteiger partial charge is 0.352 e. The highest BCUT2D eigenvalue weighted by Gasteiger charge is 2.03. The molecule has 0 aliphatic heterocycles. The lowest BCUT2D eigenvalue weighted by Crippen LogP contribution is -2.24. The molecule has 0 saturated heterocycles. The highest BCUT2D eigenvalue weighted by Crippen LogP contribution is 1.81. The number of carboxylic acid groups (broad SMARTS) is 1. The van der Waals surface area contributed by atoms with E-state index in [9.17, 15) is 14.4 Å². The molecule has 1 rings (SSSR count). The number of rotatable bonds is 1. The van der Waals surface area contributed by atoms with Crippen LogP contribution in [0.4, 0.5) is 0 Å². The van der Waals surface area contributed by atoms with Gasteiger partial charge in [-0.25, -0.2) is 9.59 Å². The highest BCUT2D eigenvalue weighted by atomic mass is 24.3. The van der Waals surface area contributed by atoms with E-state index < -0.39 is 22.9 Å². The van der Waals surface area contributed by atoms with Crippen LogP contribution in [0.15, 0.2) is 15.7 Å². The Balaban J connectivity index is 0.00000121. The van der Waals surface area contributed by atoms with E-state index in [2.05, 4.69) is 0 Å². The van der Waals surface area contributed by atoms with Crippen molar-refractivity contribution in [3.8, 4) is 0 Å². The molecule has 0 fully saturated rings. The number of aromatic nitrogens is 2. The largest absolute Gasteiger partial charge is 0.477 e. The summed E-state index contributed by atoms with van der Waals surface area (Å²) in [5.74, 6) is -1.34. The fourth-order valence-corrected chi connectivity index (χ4v) is 0.584. The van der Waals surface area contributed by atoms with Crippen LogP contribution in [0.25, 0.3) is 0 Å². The van der Waals surface area contributed by atoms with E-state index in [4.69, 9.17) is 5.11 Å². The fourth-order valence-electron chi connectivity index (χ4n) is 0.584. The highest BCUT2D eigenvalue weighted by molar-refractivity contribution is 5.84. The molecule has 12 heavy (non-hydrogen) atoms. The van der Waals surface area contributed by atoms with Gasteiger partial charge >= 0.3 is 11.7 Å². The van der Waals surface area contributed by atoms with Crippen molar-refractivity contribution in [1.29, 1.82) is 0 Å². The topological polar surface area (TPSA) is 103 Å². The lowest BCUT2D eigenvalue weighted by Gasteiger charge is -1.89. The Morgan fingerprint density at radius 3 is 2.33 bits per heavy atom. The third-order valence-corrected chi connectivity index (χ3v) is 0.991. The van der Waals surface area contributed by atoms with Crippen LogP contribution in [-0.2, 0) is 0 Å². The summed E-state index contributed by atoms with van der Waals surface area (Å²) < 4.78 is 0. The van der Waals surface area contributed by atoms with Crippen LogP contribution in [0.1, 0.15) is 10.5 Å². The van der Waals surface area contributed by atoms with Gasteiger partial charge in [-0.15, -0.1) is 0 Å². The second kappa shape index (κ2) is 4.07. The fraction of sp³-hybridized carbons (Fsp3) is 0. The van der Waals surface area contributed by atoms with Crippen LogP contribution < -0.4 is 11.2 Å². The van der Waals surface area contributed by atoms with Crippen LogP contribution in [0.3, 0.4) is 0 Å². The van der Waals surface area contributed by atoms with Crippen molar-refractivity contribution in [1.82, 2.24) is 9.97 Å². The van der Waals surface area contributed by atoms with E-state index in [1.807, 2.05) is 9.97 Å². The monoisotopic (exact) mass is 180 g/mol. The summed E-state index contributed by atoms with van der Waals surface area (Å²) >= 11 is 0. The molecule has 0 spiro atoms. The van der Waals surface area contributed by atoms with Crippen molar-refractivity contribution in [2.24, 2.45) is 0 Å². The van der Waals surface area contributed by atoms with E-state index in [1.165, 1.54) is 0 Å². The number of aromatic carboxylic acids is 1. The standard InChI is InChI=1S/C5H4N2O4.Mg/c8-3-1-2(4(9)10)6-5(11)7-3;/h1H,(H,9,10)(H2,6,7,8,11);. The molecule has 60 valence electrons. The maximum Gasteiger partial charge on any atom is 0.352 e. The summed E-state index contributed by atoms with van der Waals surface area (Å²) in [7, 11) is 0. The van der Waals surface area contributed by atoms with Gasteiger partial charge < -0.3 is 10.1 Å². The zero-order chi connectivity index (χ0) is 8.43. The third-order valence-electron chi connectivity index (χ3n) is 0.991. The summed E-state index contributed by atoms with van der Waals surface area (Å²) in [5.41, 5.74) is -1.97. The lowest BCUT2D eigenvalue weighted by atomic mass is 10.4. The van der Waals surface area contributed by atoms with Gasteiger partial charge in [0.2, 0.25) is 0 Å². The first-order valence-corrected chi connectivity index (χ1v) is 2.66. The molecule has 1 aromatic rings. The molecular formula is C5H4MgN2O4. The van der Waals surface area contributed by atoms with Gasteiger partial charge in [0.05, 0.1) is 0 Å². The molecule has 0 atom stereocenters. The molecular weight excluding hydrogens is 176 g/mol. The number of H-pyrrole nitrogens is 2. The second-order valence-corrected chi connectivity index (χ2v) is 1.81. The second-order valence-electron chi connectivity index (χ2n) is 1.81.